The monoisotopic (exact) mass is 464 g/mol. The molecule has 4 heteroatoms. The van der Waals surface area contributed by atoms with Gasteiger partial charge in [-0.15, -0.1) is 0 Å². The molecule has 3 rings (SSSR count). The molecule has 1 unspecified atom stereocenters. The molecule has 2 fully saturated rings. The summed E-state index contributed by atoms with van der Waals surface area (Å²) in [5.41, 5.74) is 0.808. The van der Waals surface area contributed by atoms with Crippen LogP contribution in [0.4, 0.5) is 8.78 Å². The van der Waals surface area contributed by atoms with Crippen LogP contribution in [0.5, 0.6) is 5.75 Å². The summed E-state index contributed by atoms with van der Waals surface area (Å²) in [7, 11) is 0. The van der Waals surface area contributed by atoms with Gasteiger partial charge in [0.2, 0.25) is 0 Å². The normalized spacial score (nSPS) is 26.8. The van der Waals surface area contributed by atoms with E-state index in [0.29, 0.717) is 6.10 Å². The first-order chi connectivity index (χ1) is 16.0. The van der Waals surface area contributed by atoms with Crippen LogP contribution in [0.3, 0.4) is 0 Å². The molecule has 0 spiro atoms. The Bertz CT molecular complexity index is 668. The van der Waals surface area contributed by atoms with Crippen molar-refractivity contribution >= 4 is 0 Å². The number of hydrogen-bond acceptors (Lipinski definition) is 2. The Morgan fingerprint density at radius 3 is 2.00 bits per heavy atom. The fraction of sp³-hybridized carbons (Fsp3) is 0.793. The molecule has 0 heterocycles. The van der Waals surface area contributed by atoms with Crippen LogP contribution in [0.2, 0.25) is 0 Å². The molecule has 33 heavy (non-hydrogen) atoms. The molecule has 2 aliphatic carbocycles. The SMILES string of the molecule is CCCCCCC(C)Oc1c(F)cc(C2CCC(C3CCC(OCCC)CC3)CC2)cc1F. The van der Waals surface area contributed by atoms with E-state index in [4.69, 9.17) is 9.47 Å². The summed E-state index contributed by atoms with van der Waals surface area (Å²) in [6.07, 6.45) is 16.1. The van der Waals surface area contributed by atoms with Gasteiger partial charge in [0.15, 0.2) is 17.4 Å². The van der Waals surface area contributed by atoms with Crippen LogP contribution in [0.15, 0.2) is 12.1 Å². The lowest BCUT2D eigenvalue weighted by Crippen LogP contribution is -2.28. The van der Waals surface area contributed by atoms with Gasteiger partial charge in [0.05, 0.1) is 12.2 Å². The van der Waals surface area contributed by atoms with Gasteiger partial charge in [0.1, 0.15) is 0 Å². The molecule has 0 radical (unpaired) electrons. The lowest BCUT2D eigenvalue weighted by atomic mass is 9.69. The molecule has 0 aromatic heterocycles. The molecule has 2 saturated carbocycles. The third-order valence-corrected chi connectivity index (χ3v) is 7.99. The minimum atomic E-state index is -0.544. The van der Waals surface area contributed by atoms with E-state index in [0.717, 1.165) is 62.5 Å². The Morgan fingerprint density at radius 1 is 0.818 bits per heavy atom. The average molecular weight is 465 g/mol. The molecule has 0 amide bonds. The van der Waals surface area contributed by atoms with Crippen molar-refractivity contribution in [2.45, 2.75) is 129 Å². The van der Waals surface area contributed by atoms with E-state index in [-0.39, 0.29) is 17.8 Å². The smallest absolute Gasteiger partial charge is 0.191 e. The lowest BCUT2D eigenvalue weighted by Gasteiger charge is -2.38. The van der Waals surface area contributed by atoms with Crippen molar-refractivity contribution in [1.82, 2.24) is 0 Å². The molecule has 0 aliphatic heterocycles. The van der Waals surface area contributed by atoms with Crippen molar-refractivity contribution in [3.63, 3.8) is 0 Å². The van der Waals surface area contributed by atoms with Crippen LogP contribution in [-0.4, -0.2) is 18.8 Å². The fourth-order valence-electron chi connectivity index (χ4n) is 5.98. The lowest BCUT2D eigenvalue weighted by molar-refractivity contribution is 0.00827. The Labute approximate surface area is 200 Å². The second-order valence-corrected chi connectivity index (χ2v) is 10.6. The largest absolute Gasteiger partial charge is 0.485 e. The third-order valence-electron chi connectivity index (χ3n) is 7.99. The molecular weight excluding hydrogens is 418 g/mol. The molecule has 0 bridgehead atoms. The highest BCUT2D eigenvalue weighted by atomic mass is 19.1. The fourth-order valence-corrected chi connectivity index (χ4v) is 5.98. The highest BCUT2D eigenvalue weighted by molar-refractivity contribution is 5.33. The molecule has 0 saturated heterocycles. The van der Waals surface area contributed by atoms with Crippen molar-refractivity contribution in [2.75, 3.05) is 6.61 Å². The van der Waals surface area contributed by atoms with Gasteiger partial charge >= 0.3 is 0 Å². The Hall–Kier alpha value is -1.16. The van der Waals surface area contributed by atoms with Crippen LogP contribution >= 0.6 is 0 Å². The van der Waals surface area contributed by atoms with E-state index >= 15 is 0 Å². The topological polar surface area (TPSA) is 18.5 Å². The zero-order chi connectivity index (χ0) is 23.6. The maximum absolute atomic E-state index is 14.8. The molecule has 2 nitrogen and oxygen atoms in total. The van der Waals surface area contributed by atoms with Crippen molar-refractivity contribution < 1.29 is 18.3 Å². The molecule has 1 aromatic carbocycles. The van der Waals surface area contributed by atoms with Crippen molar-refractivity contribution in [3.05, 3.63) is 29.3 Å². The first-order valence-electron chi connectivity index (χ1n) is 13.8. The number of unbranched alkanes of at least 4 members (excludes halogenated alkanes) is 3. The highest BCUT2D eigenvalue weighted by Gasteiger charge is 2.32. The van der Waals surface area contributed by atoms with Gasteiger partial charge in [-0.3, -0.25) is 0 Å². The van der Waals surface area contributed by atoms with Gasteiger partial charge in [-0.2, -0.15) is 0 Å². The number of hydrogen-bond donors (Lipinski definition) is 0. The molecule has 1 atom stereocenters. The summed E-state index contributed by atoms with van der Waals surface area (Å²) in [5, 5.41) is 0. The molecule has 0 N–H and O–H groups in total. The summed E-state index contributed by atoms with van der Waals surface area (Å²) >= 11 is 0. The van der Waals surface area contributed by atoms with Crippen LogP contribution < -0.4 is 4.74 Å². The summed E-state index contributed by atoms with van der Waals surface area (Å²) in [6, 6.07) is 3.06. The second-order valence-electron chi connectivity index (χ2n) is 10.6. The van der Waals surface area contributed by atoms with Crippen molar-refractivity contribution in [3.8, 4) is 5.75 Å². The minimum absolute atomic E-state index is 0.172. The predicted molar refractivity (Wildman–Crippen MR) is 132 cm³/mol. The van der Waals surface area contributed by atoms with Crippen LogP contribution in [-0.2, 0) is 4.74 Å². The van der Waals surface area contributed by atoms with Gasteiger partial charge in [-0.05, 0) is 113 Å². The van der Waals surface area contributed by atoms with Crippen LogP contribution in [0, 0.1) is 23.5 Å². The van der Waals surface area contributed by atoms with Gasteiger partial charge in [0, 0.05) is 6.61 Å². The van der Waals surface area contributed by atoms with E-state index in [2.05, 4.69) is 13.8 Å². The molecular formula is C29H46F2O2. The van der Waals surface area contributed by atoms with Crippen molar-refractivity contribution in [2.24, 2.45) is 11.8 Å². The minimum Gasteiger partial charge on any atom is -0.485 e. The number of rotatable bonds is 12. The average Bonchev–Trinajstić information content (AvgIpc) is 2.83. The van der Waals surface area contributed by atoms with E-state index in [1.165, 1.54) is 63.5 Å². The Kier molecular flexibility index (Phi) is 10.9. The predicted octanol–water partition coefficient (Wildman–Crippen LogP) is 8.96. The van der Waals surface area contributed by atoms with E-state index < -0.39 is 11.6 Å². The van der Waals surface area contributed by atoms with Crippen LogP contribution in [0.1, 0.15) is 122 Å². The molecule has 188 valence electrons. The van der Waals surface area contributed by atoms with Gasteiger partial charge in [-0.25, -0.2) is 8.78 Å². The van der Waals surface area contributed by atoms with Gasteiger partial charge in [-0.1, -0.05) is 33.1 Å². The Balaban J connectivity index is 1.47. The van der Waals surface area contributed by atoms with E-state index in [9.17, 15) is 8.78 Å². The number of ether oxygens (including phenoxy) is 2. The highest BCUT2D eigenvalue weighted by Crippen LogP contribution is 2.44. The van der Waals surface area contributed by atoms with Crippen molar-refractivity contribution in [1.29, 1.82) is 0 Å². The summed E-state index contributed by atoms with van der Waals surface area (Å²) in [5.74, 6) is 0.540. The summed E-state index contributed by atoms with van der Waals surface area (Å²) in [4.78, 5) is 0. The maximum Gasteiger partial charge on any atom is 0.191 e. The summed E-state index contributed by atoms with van der Waals surface area (Å²) < 4.78 is 41.2. The number of benzene rings is 1. The second kappa shape index (κ2) is 13.7. The quantitative estimate of drug-likeness (QED) is 0.287. The van der Waals surface area contributed by atoms with Gasteiger partial charge < -0.3 is 9.47 Å². The third kappa shape index (κ3) is 7.94. The van der Waals surface area contributed by atoms with E-state index in [1.54, 1.807) is 0 Å². The Morgan fingerprint density at radius 2 is 1.42 bits per heavy atom. The zero-order valence-corrected chi connectivity index (χ0v) is 21.2. The number of halogens is 2. The first kappa shape index (κ1) is 26.4. The standard InChI is InChI=1S/C29H46F2O2/c1-4-6-7-8-9-21(3)33-29-27(30)19-25(20-28(29)31)24-12-10-22(11-13-24)23-14-16-26(17-15-23)32-18-5-2/h19-24,26H,4-18H2,1-3H3. The van der Waals surface area contributed by atoms with E-state index in [1.807, 2.05) is 6.92 Å². The summed E-state index contributed by atoms with van der Waals surface area (Å²) in [6.45, 7) is 7.13. The first-order valence-corrected chi connectivity index (χ1v) is 13.8. The molecule has 2 aliphatic rings. The maximum atomic E-state index is 14.8. The zero-order valence-electron chi connectivity index (χ0n) is 21.2. The molecule has 1 aromatic rings. The van der Waals surface area contributed by atoms with Gasteiger partial charge in [0.25, 0.3) is 0 Å². The van der Waals surface area contributed by atoms with Crippen LogP contribution in [0.25, 0.3) is 0 Å².